The highest BCUT2D eigenvalue weighted by atomic mass is 35.5. The van der Waals surface area contributed by atoms with E-state index in [1.165, 1.54) is 17.3 Å². The topological polar surface area (TPSA) is 65.0 Å². The molecule has 0 spiro atoms. The summed E-state index contributed by atoms with van der Waals surface area (Å²) in [4.78, 5) is 30.8. The molecule has 0 aliphatic carbocycles. The summed E-state index contributed by atoms with van der Waals surface area (Å²) >= 11 is 7.76. The number of halogens is 1. The number of thioether (sulfide) groups is 1. The second-order valence-electron chi connectivity index (χ2n) is 9.60. The smallest absolute Gasteiger partial charge is 0.233 e. The molecule has 1 aliphatic heterocycles. The van der Waals surface area contributed by atoms with Crippen LogP contribution in [0.1, 0.15) is 12.5 Å². The number of likely N-dealkylation sites (N-methyl/N-ethyl adjacent to an activating group) is 1. The fraction of sp³-hybridized carbons (Fsp3) is 0.414. The molecule has 0 radical (unpaired) electrons. The molecule has 0 unspecified atom stereocenters. The van der Waals surface area contributed by atoms with Crippen molar-refractivity contribution in [3.05, 3.63) is 71.4 Å². The van der Waals surface area contributed by atoms with Gasteiger partial charge in [-0.3, -0.25) is 4.79 Å². The molecule has 4 rings (SSSR count). The molecule has 1 fully saturated rings. The Morgan fingerprint density at radius 1 is 1.00 bits per heavy atom. The number of hydrogen-bond acceptors (Lipinski definition) is 8. The lowest BCUT2D eigenvalue weighted by atomic mass is 10.2. The van der Waals surface area contributed by atoms with Gasteiger partial charge in [0.25, 0.3) is 0 Å². The van der Waals surface area contributed by atoms with Gasteiger partial charge in [0.05, 0.1) is 18.0 Å². The standard InChI is InChI=1S/C29H37ClN6O2S/c1-4-38-25-13-9-8-12-24(25)34-16-18-35(19-17-34)28(37)22-39-29-31-26(30)20-27(32-29)36(15-14-33(2)3)21-23-10-6-5-7-11-23/h5-13,20H,4,14-19,21-22H2,1-3H3. The van der Waals surface area contributed by atoms with E-state index in [-0.39, 0.29) is 11.7 Å². The summed E-state index contributed by atoms with van der Waals surface area (Å²) in [7, 11) is 4.11. The molecule has 39 heavy (non-hydrogen) atoms. The van der Waals surface area contributed by atoms with Gasteiger partial charge in [-0.05, 0) is 38.7 Å². The minimum Gasteiger partial charge on any atom is -0.492 e. The van der Waals surface area contributed by atoms with Crippen molar-refractivity contribution in [2.45, 2.75) is 18.6 Å². The molecule has 1 aliphatic rings. The SMILES string of the molecule is CCOc1ccccc1N1CCN(C(=O)CSc2nc(Cl)cc(N(CCN(C)C)Cc3ccccc3)n2)CC1. The summed E-state index contributed by atoms with van der Waals surface area (Å²) in [6, 6.07) is 20.2. The van der Waals surface area contributed by atoms with Crippen LogP contribution in [0.25, 0.3) is 0 Å². The Labute approximate surface area is 240 Å². The van der Waals surface area contributed by atoms with Gasteiger partial charge in [-0.1, -0.05) is 65.8 Å². The van der Waals surface area contributed by atoms with Crippen LogP contribution >= 0.6 is 23.4 Å². The average molecular weight is 569 g/mol. The lowest BCUT2D eigenvalue weighted by Crippen LogP contribution is -2.49. The van der Waals surface area contributed by atoms with Gasteiger partial charge < -0.3 is 24.3 Å². The van der Waals surface area contributed by atoms with Gasteiger partial charge in [0.15, 0.2) is 5.16 Å². The molecule has 0 saturated carbocycles. The van der Waals surface area contributed by atoms with Crippen LogP contribution in [-0.2, 0) is 11.3 Å². The summed E-state index contributed by atoms with van der Waals surface area (Å²) in [6.07, 6.45) is 0. The number of carbonyl (C=O) groups is 1. The number of para-hydroxylation sites is 2. The molecule has 2 heterocycles. The molecule has 8 nitrogen and oxygen atoms in total. The number of carbonyl (C=O) groups excluding carboxylic acids is 1. The van der Waals surface area contributed by atoms with Crippen LogP contribution in [0.15, 0.2) is 65.8 Å². The van der Waals surface area contributed by atoms with Crippen molar-refractivity contribution in [2.24, 2.45) is 0 Å². The van der Waals surface area contributed by atoms with E-state index in [9.17, 15) is 4.79 Å². The molecule has 0 N–H and O–H groups in total. The number of anilines is 2. The molecule has 0 bridgehead atoms. The first-order valence-corrected chi connectivity index (χ1v) is 14.6. The Morgan fingerprint density at radius 3 is 2.44 bits per heavy atom. The van der Waals surface area contributed by atoms with Gasteiger partial charge in [0.2, 0.25) is 5.91 Å². The van der Waals surface area contributed by atoms with Gasteiger partial charge in [-0.15, -0.1) is 0 Å². The first kappa shape index (κ1) is 29.0. The van der Waals surface area contributed by atoms with Gasteiger partial charge in [-0.2, -0.15) is 0 Å². The largest absolute Gasteiger partial charge is 0.492 e. The maximum atomic E-state index is 13.1. The second kappa shape index (κ2) is 14.4. The van der Waals surface area contributed by atoms with Crippen molar-refractivity contribution in [3.63, 3.8) is 0 Å². The number of piperazine rings is 1. The first-order valence-electron chi connectivity index (χ1n) is 13.3. The highest BCUT2D eigenvalue weighted by Gasteiger charge is 2.23. The summed E-state index contributed by atoms with van der Waals surface area (Å²) in [5.74, 6) is 2.00. The zero-order chi connectivity index (χ0) is 27.6. The van der Waals surface area contributed by atoms with Crippen LogP contribution in [0.4, 0.5) is 11.5 Å². The molecular weight excluding hydrogens is 532 g/mol. The lowest BCUT2D eigenvalue weighted by molar-refractivity contribution is -0.128. The maximum Gasteiger partial charge on any atom is 0.233 e. The Kier molecular flexibility index (Phi) is 10.7. The molecule has 1 aromatic heterocycles. The number of rotatable bonds is 12. The summed E-state index contributed by atoms with van der Waals surface area (Å²) in [6.45, 7) is 7.83. The van der Waals surface area contributed by atoms with Gasteiger partial charge in [0.1, 0.15) is 16.7 Å². The Morgan fingerprint density at radius 2 is 1.72 bits per heavy atom. The van der Waals surface area contributed by atoms with Crippen LogP contribution in [0.5, 0.6) is 5.75 Å². The average Bonchev–Trinajstić information content (AvgIpc) is 2.95. The van der Waals surface area contributed by atoms with Crippen molar-refractivity contribution >= 4 is 40.8 Å². The predicted molar refractivity (Wildman–Crippen MR) is 160 cm³/mol. The predicted octanol–water partition coefficient (Wildman–Crippen LogP) is 4.54. The molecular formula is C29H37ClN6O2S. The zero-order valence-electron chi connectivity index (χ0n) is 22.9. The number of amides is 1. The van der Waals surface area contributed by atoms with E-state index in [1.54, 1.807) is 6.07 Å². The lowest BCUT2D eigenvalue weighted by Gasteiger charge is -2.36. The fourth-order valence-corrected chi connectivity index (χ4v) is 5.41. The van der Waals surface area contributed by atoms with E-state index < -0.39 is 0 Å². The molecule has 3 aromatic rings. The quantitative estimate of drug-likeness (QED) is 0.179. The molecule has 10 heteroatoms. The molecule has 208 valence electrons. The molecule has 2 aromatic carbocycles. The summed E-state index contributed by atoms with van der Waals surface area (Å²) in [5, 5.41) is 0.887. The third kappa shape index (κ3) is 8.49. The number of aromatic nitrogens is 2. The van der Waals surface area contributed by atoms with Crippen LogP contribution in [0, 0.1) is 0 Å². The number of hydrogen-bond donors (Lipinski definition) is 0. The Bertz CT molecular complexity index is 1210. The second-order valence-corrected chi connectivity index (χ2v) is 10.9. The van der Waals surface area contributed by atoms with E-state index in [2.05, 4.69) is 52.0 Å². The van der Waals surface area contributed by atoms with Crippen LogP contribution in [0.2, 0.25) is 5.15 Å². The van der Waals surface area contributed by atoms with Crippen molar-refractivity contribution in [2.75, 3.05) is 75.5 Å². The highest BCUT2D eigenvalue weighted by Crippen LogP contribution is 2.29. The summed E-state index contributed by atoms with van der Waals surface area (Å²) < 4.78 is 5.79. The van der Waals surface area contributed by atoms with Crippen LogP contribution in [-0.4, -0.2) is 91.4 Å². The van der Waals surface area contributed by atoms with E-state index in [4.69, 9.17) is 21.3 Å². The number of ether oxygens (including phenoxy) is 1. The number of nitrogens with zero attached hydrogens (tertiary/aromatic N) is 6. The molecule has 0 atom stereocenters. The zero-order valence-corrected chi connectivity index (χ0v) is 24.5. The van der Waals surface area contributed by atoms with E-state index in [1.807, 2.05) is 48.2 Å². The Hall–Kier alpha value is -3.01. The Balaban J connectivity index is 1.36. The van der Waals surface area contributed by atoms with Crippen molar-refractivity contribution in [3.8, 4) is 5.75 Å². The van der Waals surface area contributed by atoms with Gasteiger partial charge in [-0.25, -0.2) is 9.97 Å². The monoisotopic (exact) mass is 568 g/mol. The van der Waals surface area contributed by atoms with E-state index in [0.717, 1.165) is 43.4 Å². The number of benzene rings is 2. The first-order chi connectivity index (χ1) is 18.9. The molecule has 1 saturated heterocycles. The van der Waals surface area contributed by atoms with Crippen molar-refractivity contribution in [1.29, 1.82) is 0 Å². The minimum atomic E-state index is 0.0802. The van der Waals surface area contributed by atoms with Crippen molar-refractivity contribution in [1.82, 2.24) is 19.8 Å². The molecule has 1 amide bonds. The fourth-order valence-electron chi connectivity index (χ4n) is 4.42. The minimum absolute atomic E-state index is 0.0802. The van der Waals surface area contributed by atoms with Gasteiger partial charge >= 0.3 is 0 Å². The highest BCUT2D eigenvalue weighted by molar-refractivity contribution is 7.99. The normalized spacial score (nSPS) is 13.6. The van der Waals surface area contributed by atoms with Crippen LogP contribution in [0.3, 0.4) is 0 Å². The third-order valence-electron chi connectivity index (χ3n) is 6.48. The third-order valence-corrected chi connectivity index (χ3v) is 7.51. The van der Waals surface area contributed by atoms with E-state index >= 15 is 0 Å². The van der Waals surface area contributed by atoms with Crippen LogP contribution < -0.4 is 14.5 Å². The maximum absolute atomic E-state index is 13.1. The summed E-state index contributed by atoms with van der Waals surface area (Å²) in [5.41, 5.74) is 2.27. The van der Waals surface area contributed by atoms with Crippen molar-refractivity contribution < 1.29 is 9.53 Å². The van der Waals surface area contributed by atoms with E-state index in [0.29, 0.717) is 36.6 Å². The van der Waals surface area contributed by atoms with Gasteiger partial charge in [0, 0.05) is 51.9 Å².